The van der Waals surface area contributed by atoms with Crippen molar-refractivity contribution in [3.05, 3.63) is 42.1 Å². The highest BCUT2D eigenvalue weighted by molar-refractivity contribution is 5.85. The van der Waals surface area contributed by atoms with E-state index < -0.39 is 0 Å². The van der Waals surface area contributed by atoms with E-state index in [1.807, 2.05) is 32.0 Å². The SMILES string of the molecule is C=N/C(C)=N\C=C(/C)c1ccccc1. The van der Waals surface area contributed by atoms with Gasteiger partial charge in [0.25, 0.3) is 0 Å². The van der Waals surface area contributed by atoms with E-state index in [0.29, 0.717) is 5.84 Å². The molecule has 1 aromatic carbocycles. The fourth-order valence-corrected chi connectivity index (χ4v) is 1.01. The van der Waals surface area contributed by atoms with Crippen molar-refractivity contribution >= 4 is 18.1 Å². The maximum atomic E-state index is 4.14. The second-order valence-corrected chi connectivity index (χ2v) is 3.01. The van der Waals surface area contributed by atoms with Crippen molar-refractivity contribution in [2.45, 2.75) is 13.8 Å². The molecule has 0 aromatic heterocycles. The Kier molecular flexibility index (Phi) is 3.80. The highest BCUT2D eigenvalue weighted by atomic mass is 14.9. The fourth-order valence-electron chi connectivity index (χ4n) is 1.01. The molecule has 1 aromatic rings. The lowest BCUT2D eigenvalue weighted by Gasteiger charge is -1.98. The molecule has 72 valence electrons. The molecular weight excluding hydrogens is 172 g/mol. The largest absolute Gasteiger partial charge is 0.250 e. The van der Waals surface area contributed by atoms with Crippen LogP contribution in [0.4, 0.5) is 0 Å². The minimum Gasteiger partial charge on any atom is -0.250 e. The van der Waals surface area contributed by atoms with Crippen molar-refractivity contribution in [1.82, 2.24) is 0 Å². The Hall–Kier alpha value is -1.70. The zero-order valence-electron chi connectivity index (χ0n) is 8.57. The zero-order chi connectivity index (χ0) is 10.4. The first kappa shape index (κ1) is 10.4. The fraction of sp³-hybridized carbons (Fsp3) is 0.167. The van der Waals surface area contributed by atoms with Crippen LogP contribution in [0.5, 0.6) is 0 Å². The van der Waals surface area contributed by atoms with Crippen LogP contribution in [-0.2, 0) is 0 Å². The topological polar surface area (TPSA) is 24.7 Å². The lowest BCUT2D eigenvalue weighted by atomic mass is 10.1. The van der Waals surface area contributed by atoms with Gasteiger partial charge in [0.2, 0.25) is 0 Å². The average molecular weight is 186 g/mol. The number of hydrogen-bond donors (Lipinski definition) is 0. The van der Waals surface area contributed by atoms with Gasteiger partial charge in [-0.25, -0.2) is 9.98 Å². The lowest BCUT2D eigenvalue weighted by Crippen LogP contribution is -1.82. The van der Waals surface area contributed by atoms with Crippen molar-refractivity contribution in [2.24, 2.45) is 9.98 Å². The maximum absolute atomic E-state index is 4.14. The summed E-state index contributed by atoms with van der Waals surface area (Å²) < 4.78 is 0. The quantitative estimate of drug-likeness (QED) is 0.500. The van der Waals surface area contributed by atoms with Gasteiger partial charge in [-0.3, -0.25) is 0 Å². The second-order valence-electron chi connectivity index (χ2n) is 3.01. The van der Waals surface area contributed by atoms with E-state index in [0.717, 1.165) is 5.57 Å². The summed E-state index contributed by atoms with van der Waals surface area (Å²) in [5.74, 6) is 0.681. The molecule has 0 atom stereocenters. The third-order valence-corrected chi connectivity index (χ3v) is 1.90. The van der Waals surface area contributed by atoms with Crippen LogP contribution in [0.3, 0.4) is 0 Å². The molecule has 2 heteroatoms. The first-order chi connectivity index (χ1) is 6.74. The molecule has 2 nitrogen and oxygen atoms in total. The third-order valence-electron chi connectivity index (χ3n) is 1.90. The number of amidine groups is 1. The summed E-state index contributed by atoms with van der Waals surface area (Å²) in [6, 6.07) is 10.1. The summed E-state index contributed by atoms with van der Waals surface area (Å²) in [5, 5.41) is 0. The number of aliphatic imine (C=N–C) groups is 2. The van der Waals surface area contributed by atoms with Gasteiger partial charge in [-0.2, -0.15) is 0 Å². The highest BCUT2D eigenvalue weighted by Gasteiger charge is 1.91. The number of hydrogen-bond acceptors (Lipinski definition) is 1. The summed E-state index contributed by atoms with van der Waals surface area (Å²) >= 11 is 0. The molecule has 0 saturated carbocycles. The van der Waals surface area contributed by atoms with Crippen LogP contribution in [0, 0.1) is 0 Å². The van der Waals surface area contributed by atoms with Crippen LogP contribution in [0.1, 0.15) is 19.4 Å². The van der Waals surface area contributed by atoms with Crippen molar-refractivity contribution < 1.29 is 0 Å². The molecule has 0 heterocycles. The summed E-state index contributed by atoms with van der Waals surface area (Å²) in [6.07, 6.45) is 1.80. The Morgan fingerprint density at radius 2 is 1.86 bits per heavy atom. The third kappa shape index (κ3) is 2.98. The van der Waals surface area contributed by atoms with E-state index in [9.17, 15) is 0 Å². The Morgan fingerprint density at radius 1 is 1.21 bits per heavy atom. The highest BCUT2D eigenvalue weighted by Crippen LogP contribution is 2.12. The number of allylic oxidation sites excluding steroid dienone is 1. The van der Waals surface area contributed by atoms with Crippen LogP contribution in [0.25, 0.3) is 5.57 Å². The molecule has 0 aliphatic carbocycles. The standard InChI is InChI=1S/C12H14N2/c1-10(9-14-11(2)13-3)12-7-5-4-6-8-12/h4-9H,3H2,1-2H3/b10-9+,14-11-. The molecular formula is C12H14N2. The predicted molar refractivity (Wildman–Crippen MR) is 62.8 cm³/mol. The van der Waals surface area contributed by atoms with Crippen LogP contribution in [0.15, 0.2) is 46.5 Å². The van der Waals surface area contributed by atoms with Crippen LogP contribution in [-0.4, -0.2) is 12.6 Å². The second kappa shape index (κ2) is 5.12. The van der Waals surface area contributed by atoms with Gasteiger partial charge in [0, 0.05) is 6.20 Å². The molecule has 0 N–H and O–H groups in total. The zero-order valence-corrected chi connectivity index (χ0v) is 8.57. The van der Waals surface area contributed by atoms with Gasteiger partial charge in [0.05, 0.1) is 0 Å². The van der Waals surface area contributed by atoms with Gasteiger partial charge in [-0.1, -0.05) is 30.3 Å². The predicted octanol–water partition coefficient (Wildman–Crippen LogP) is 3.17. The molecule has 0 aliphatic heterocycles. The molecule has 0 saturated heterocycles. The van der Waals surface area contributed by atoms with Gasteiger partial charge in [0.1, 0.15) is 5.84 Å². The molecule has 0 spiro atoms. The van der Waals surface area contributed by atoms with Gasteiger partial charge < -0.3 is 0 Å². The van der Waals surface area contributed by atoms with Crippen molar-refractivity contribution in [3.8, 4) is 0 Å². The summed E-state index contributed by atoms with van der Waals surface area (Å²) in [4.78, 5) is 7.85. The normalized spacial score (nSPS) is 12.7. The molecule has 0 bridgehead atoms. The molecule has 0 radical (unpaired) electrons. The monoisotopic (exact) mass is 186 g/mol. The lowest BCUT2D eigenvalue weighted by molar-refractivity contribution is 1.44. The molecule has 0 aliphatic rings. The van der Waals surface area contributed by atoms with E-state index in [-0.39, 0.29) is 0 Å². The average Bonchev–Trinajstić information content (AvgIpc) is 2.26. The molecule has 1 rings (SSSR count). The summed E-state index contributed by atoms with van der Waals surface area (Å²) in [7, 11) is 0. The Morgan fingerprint density at radius 3 is 2.43 bits per heavy atom. The van der Waals surface area contributed by atoms with E-state index in [1.165, 1.54) is 5.56 Å². The van der Waals surface area contributed by atoms with Crippen molar-refractivity contribution in [2.75, 3.05) is 0 Å². The van der Waals surface area contributed by atoms with Crippen LogP contribution >= 0.6 is 0 Å². The number of benzene rings is 1. The van der Waals surface area contributed by atoms with Crippen LogP contribution < -0.4 is 0 Å². The summed E-state index contributed by atoms with van der Waals surface area (Å²) in [6.45, 7) is 7.25. The van der Waals surface area contributed by atoms with E-state index in [2.05, 4.69) is 28.8 Å². The van der Waals surface area contributed by atoms with E-state index in [1.54, 1.807) is 6.20 Å². The Balaban J connectivity index is 2.86. The van der Waals surface area contributed by atoms with Gasteiger partial charge in [-0.05, 0) is 31.7 Å². The van der Waals surface area contributed by atoms with E-state index in [4.69, 9.17) is 0 Å². The minimum atomic E-state index is 0.681. The molecule has 14 heavy (non-hydrogen) atoms. The van der Waals surface area contributed by atoms with Crippen molar-refractivity contribution in [1.29, 1.82) is 0 Å². The first-order valence-corrected chi connectivity index (χ1v) is 4.47. The van der Waals surface area contributed by atoms with E-state index >= 15 is 0 Å². The van der Waals surface area contributed by atoms with Gasteiger partial charge in [-0.15, -0.1) is 0 Å². The molecule has 0 fully saturated rings. The smallest absolute Gasteiger partial charge is 0.124 e. The Labute approximate surface area is 84.7 Å². The summed E-state index contributed by atoms with van der Waals surface area (Å²) in [5.41, 5.74) is 2.29. The van der Waals surface area contributed by atoms with Gasteiger partial charge in [0.15, 0.2) is 0 Å². The van der Waals surface area contributed by atoms with Crippen LogP contribution in [0.2, 0.25) is 0 Å². The first-order valence-electron chi connectivity index (χ1n) is 4.47. The minimum absolute atomic E-state index is 0.681. The maximum Gasteiger partial charge on any atom is 0.124 e. The van der Waals surface area contributed by atoms with Gasteiger partial charge >= 0.3 is 0 Å². The molecule has 0 unspecified atom stereocenters. The Bertz CT molecular complexity index is 361. The van der Waals surface area contributed by atoms with Crippen molar-refractivity contribution in [3.63, 3.8) is 0 Å². The number of nitrogens with zero attached hydrogens (tertiary/aromatic N) is 2. The molecule has 0 amide bonds. The number of rotatable bonds is 2.